The Morgan fingerprint density at radius 1 is 1.31 bits per heavy atom. The Morgan fingerprint density at radius 2 is 2.06 bits per heavy atom. The van der Waals surface area contributed by atoms with Gasteiger partial charge in [0.05, 0.1) is 23.7 Å². The van der Waals surface area contributed by atoms with Gasteiger partial charge < -0.3 is 25.7 Å². The van der Waals surface area contributed by atoms with Crippen molar-refractivity contribution >= 4 is 40.2 Å². The SMILES string of the molecule is COc1ccc(Cl)c2[nH]c(C(=O)NC(CC(C)(C)C)C(=O)NC(C#N)CC3CCCNC3=O)cc12. The molecule has 188 valence electrons. The molecule has 2 heterocycles. The van der Waals surface area contributed by atoms with Gasteiger partial charge in [-0.05, 0) is 49.3 Å². The minimum atomic E-state index is -0.887. The van der Waals surface area contributed by atoms with Crippen molar-refractivity contribution in [2.45, 2.75) is 58.5 Å². The Kier molecular flexibility index (Phi) is 8.28. The topological polar surface area (TPSA) is 136 Å². The molecule has 1 aliphatic heterocycles. The molecule has 4 N–H and O–H groups in total. The highest BCUT2D eigenvalue weighted by atomic mass is 35.5. The Balaban J connectivity index is 1.77. The quantitative estimate of drug-likeness (QED) is 0.440. The van der Waals surface area contributed by atoms with E-state index in [-0.39, 0.29) is 29.4 Å². The van der Waals surface area contributed by atoms with Gasteiger partial charge >= 0.3 is 0 Å². The largest absolute Gasteiger partial charge is 0.496 e. The second kappa shape index (κ2) is 11.0. The highest BCUT2D eigenvalue weighted by Gasteiger charge is 2.31. The van der Waals surface area contributed by atoms with Gasteiger partial charge in [0, 0.05) is 17.8 Å². The van der Waals surface area contributed by atoms with Crippen LogP contribution in [0.5, 0.6) is 5.75 Å². The molecule has 3 amide bonds. The van der Waals surface area contributed by atoms with Gasteiger partial charge in [-0.3, -0.25) is 14.4 Å². The fourth-order valence-electron chi connectivity index (χ4n) is 4.28. The third kappa shape index (κ3) is 6.67. The Hall–Kier alpha value is -3.25. The summed E-state index contributed by atoms with van der Waals surface area (Å²) in [6.45, 7) is 6.51. The lowest BCUT2D eigenvalue weighted by Crippen LogP contribution is -2.51. The average molecular weight is 502 g/mol. The number of fused-ring (bicyclic) bond motifs is 1. The molecule has 10 heteroatoms. The molecule has 9 nitrogen and oxygen atoms in total. The molecule has 35 heavy (non-hydrogen) atoms. The summed E-state index contributed by atoms with van der Waals surface area (Å²) in [7, 11) is 1.53. The van der Waals surface area contributed by atoms with Crippen LogP contribution in [0.15, 0.2) is 18.2 Å². The summed E-state index contributed by atoms with van der Waals surface area (Å²) in [5.41, 5.74) is 0.505. The predicted octanol–water partition coefficient (Wildman–Crippen LogP) is 3.29. The maximum Gasteiger partial charge on any atom is 0.268 e. The summed E-state index contributed by atoms with van der Waals surface area (Å²) in [5, 5.41) is 19.0. The van der Waals surface area contributed by atoms with Gasteiger partial charge in [0.1, 0.15) is 23.5 Å². The molecule has 2 aromatic rings. The number of halogens is 1. The van der Waals surface area contributed by atoms with Gasteiger partial charge in [0.25, 0.3) is 5.91 Å². The molecule has 3 atom stereocenters. The molecule has 0 spiro atoms. The molecule has 1 saturated heterocycles. The van der Waals surface area contributed by atoms with E-state index in [0.717, 1.165) is 6.42 Å². The molecule has 1 aliphatic rings. The number of nitrogens with zero attached hydrogens (tertiary/aromatic N) is 1. The summed E-state index contributed by atoms with van der Waals surface area (Å²) in [6.07, 6.45) is 2.08. The lowest BCUT2D eigenvalue weighted by molar-refractivity contribution is -0.128. The number of methoxy groups -OCH3 is 1. The van der Waals surface area contributed by atoms with E-state index in [0.29, 0.717) is 41.1 Å². The first-order chi connectivity index (χ1) is 16.5. The molecule has 3 rings (SSSR count). The van der Waals surface area contributed by atoms with E-state index in [1.54, 1.807) is 18.2 Å². The van der Waals surface area contributed by atoms with Crippen molar-refractivity contribution in [3.05, 3.63) is 28.9 Å². The monoisotopic (exact) mass is 501 g/mol. The zero-order valence-electron chi connectivity index (χ0n) is 20.5. The Morgan fingerprint density at radius 3 is 2.69 bits per heavy atom. The zero-order valence-corrected chi connectivity index (χ0v) is 21.2. The van der Waals surface area contributed by atoms with E-state index < -0.39 is 23.9 Å². The van der Waals surface area contributed by atoms with Crippen LogP contribution >= 0.6 is 11.6 Å². The van der Waals surface area contributed by atoms with Crippen molar-refractivity contribution in [1.29, 1.82) is 5.26 Å². The summed E-state index contributed by atoms with van der Waals surface area (Å²) in [5.74, 6) is -0.812. The fraction of sp³-hybridized carbons (Fsp3) is 0.520. The minimum absolute atomic E-state index is 0.0989. The van der Waals surface area contributed by atoms with Crippen LogP contribution in [0.2, 0.25) is 5.02 Å². The van der Waals surface area contributed by atoms with Crippen molar-refractivity contribution in [3.63, 3.8) is 0 Å². The van der Waals surface area contributed by atoms with E-state index >= 15 is 0 Å². The van der Waals surface area contributed by atoms with E-state index in [2.05, 4.69) is 27.0 Å². The highest BCUT2D eigenvalue weighted by molar-refractivity contribution is 6.35. The number of ether oxygens (including phenoxy) is 1. The van der Waals surface area contributed by atoms with Crippen LogP contribution in [0.3, 0.4) is 0 Å². The summed E-state index contributed by atoms with van der Waals surface area (Å²) >= 11 is 6.27. The summed E-state index contributed by atoms with van der Waals surface area (Å²) < 4.78 is 5.35. The molecule has 0 aliphatic carbocycles. The average Bonchev–Trinajstić information content (AvgIpc) is 3.25. The number of rotatable bonds is 8. The lowest BCUT2D eigenvalue weighted by Gasteiger charge is -2.28. The first-order valence-corrected chi connectivity index (χ1v) is 12.0. The maximum atomic E-state index is 13.2. The first kappa shape index (κ1) is 26.4. The van der Waals surface area contributed by atoms with Crippen LogP contribution in [0, 0.1) is 22.7 Å². The van der Waals surface area contributed by atoms with Crippen LogP contribution in [0.25, 0.3) is 10.9 Å². The smallest absolute Gasteiger partial charge is 0.268 e. The molecule has 3 unspecified atom stereocenters. The van der Waals surface area contributed by atoms with E-state index in [4.69, 9.17) is 16.3 Å². The number of nitriles is 1. The number of carbonyl (C=O) groups excluding carboxylic acids is 3. The normalized spacial score (nSPS) is 17.7. The minimum Gasteiger partial charge on any atom is -0.496 e. The zero-order chi connectivity index (χ0) is 25.8. The highest BCUT2D eigenvalue weighted by Crippen LogP contribution is 2.32. The van der Waals surface area contributed by atoms with Crippen molar-refractivity contribution in [2.24, 2.45) is 11.3 Å². The molecule has 1 aromatic heterocycles. The van der Waals surface area contributed by atoms with Crippen molar-refractivity contribution < 1.29 is 19.1 Å². The van der Waals surface area contributed by atoms with Crippen LogP contribution in [-0.2, 0) is 9.59 Å². The molecule has 1 aromatic carbocycles. The number of aromatic amines is 1. The number of aromatic nitrogens is 1. The number of hydrogen-bond acceptors (Lipinski definition) is 5. The van der Waals surface area contributed by atoms with E-state index in [1.165, 1.54) is 7.11 Å². The van der Waals surface area contributed by atoms with E-state index in [1.807, 2.05) is 20.8 Å². The van der Waals surface area contributed by atoms with Gasteiger partial charge in [0.15, 0.2) is 0 Å². The number of hydrogen-bond donors (Lipinski definition) is 4. The Labute approximate surface area is 209 Å². The lowest BCUT2D eigenvalue weighted by atomic mass is 9.87. The van der Waals surface area contributed by atoms with Gasteiger partial charge in [-0.25, -0.2) is 0 Å². The molecule has 0 saturated carbocycles. The van der Waals surface area contributed by atoms with Crippen molar-refractivity contribution in [1.82, 2.24) is 20.9 Å². The third-order valence-electron chi connectivity index (χ3n) is 6.00. The van der Waals surface area contributed by atoms with Crippen molar-refractivity contribution in [3.8, 4) is 11.8 Å². The van der Waals surface area contributed by atoms with Crippen LogP contribution < -0.4 is 20.7 Å². The summed E-state index contributed by atoms with van der Waals surface area (Å²) in [4.78, 5) is 41.4. The van der Waals surface area contributed by atoms with Crippen LogP contribution in [0.1, 0.15) is 56.9 Å². The van der Waals surface area contributed by atoms with Gasteiger partial charge in [0.2, 0.25) is 11.8 Å². The maximum absolute atomic E-state index is 13.2. The number of nitrogens with one attached hydrogen (secondary N) is 4. The molecular weight excluding hydrogens is 470 g/mol. The number of amides is 3. The second-order valence-corrected chi connectivity index (χ2v) is 10.5. The molecule has 0 radical (unpaired) electrons. The number of carbonyl (C=O) groups is 3. The second-order valence-electron chi connectivity index (χ2n) is 10.1. The fourth-order valence-corrected chi connectivity index (χ4v) is 4.49. The van der Waals surface area contributed by atoms with Gasteiger partial charge in [-0.1, -0.05) is 32.4 Å². The van der Waals surface area contributed by atoms with Crippen LogP contribution in [0.4, 0.5) is 0 Å². The number of piperidine rings is 1. The summed E-state index contributed by atoms with van der Waals surface area (Å²) in [6, 6.07) is 5.36. The first-order valence-electron chi connectivity index (χ1n) is 11.7. The standard InChI is InChI=1S/C25H32ClN5O4/c1-25(2,3)12-19(24(34)29-15(13-27)10-14-6-5-9-28-22(14)32)31-23(33)18-11-16-20(35-4)8-7-17(26)21(16)30-18/h7-8,11,14-15,19,30H,5-6,9-10,12H2,1-4H3,(H,28,32)(H,29,34)(H,31,33). The molecular formula is C25H32ClN5O4. The third-order valence-corrected chi connectivity index (χ3v) is 6.31. The van der Waals surface area contributed by atoms with Crippen LogP contribution in [-0.4, -0.2) is 48.4 Å². The van der Waals surface area contributed by atoms with E-state index in [9.17, 15) is 19.6 Å². The van der Waals surface area contributed by atoms with Gasteiger partial charge in [-0.2, -0.15) is 5.26 Å². The van der Waals surface area contributed by atoms with Crippen molar-refractivity contribution in [2.75, 3.05) is 13.7 Å². The molecule has 1 fully saturated rings. The predicted molar refractivity (Wildman–Crippen MR) is 133 cm³/mol. The number of benzene rings is 1. The van der Waals surface area contributed by atoms with Gasteiger partial charge in [-0.15, -0.1) is 0 Å². The number of H-pyrrole nitrogens is 1. The Bertz CT molecular complexity index is 1150. The molecule has 0 bridgehead atoms.